The van der Waals surface area contributed by atoms with Gasteiger partial charge < -0.3 is 10.6 Å². The third-order valence-corrected chi connectivity index (χ3v) is 2.40. The summed E-state index contributed by atoms with van der Waals surface area (Å²) in [6.07, 6.45) is 1.79. The van der Waals surface area contributed by atoms with E-state index in [0.717, 1.165) is 16.5 Å². The summed E-state index contributed by atoms with van der Waals surface area (Å²) in [4.78, 5) is 11.0. The molecule has 2 aromatic rings. The summed E-state index contributed by atoms with van der Waals surface area (Å²) in [7, 11) is 1.63. The molecule has 0 bridgehead atoms. The molecule has 0 aliphatic rings. The van der Waals surface area contributed by atoms with Crippen LogP contribution in [0.1, 0.15) is 5.56 Å². The van der Waals surface area contributed by atoms with Gasteiger partial charge in [-0.25, -0.2) is 0 Å². The van der Waals surface area contributed by atoms with E-state index in [1.807, 2.05) is 18.2 Å². The quantitative estimate of drug-likeness (QED) is 0.757. The Bertz CT molecular complexity index is 497. The summed E-state index contributed by atoms with van der Waals surface area (Å²) >= 11 is 0. The molecule has 0 saturated heterocycles. The minimum atomic E-state index is -0.0115. The number of benzene rings is 1. The van der Waals surface area contributed by atoms with Crippen LogP contribution < -0.4 is 10.6 Å². The number of likely N-dealkylation sites (N-methyl/N-ethyl adjacent to an activating group) is 1. The molecule has 5 nitrogen and oxygen atoms in total. The first kappa shape index (κ1) is 13.5. The van der Waals surface area contributed by atoms with Gasteiger partial charge in [0.1, 0.15) is 0 Å². The normalized spacial score (nSPS) is 9.94. The number of fused-ring (bicyclic) bond motifs is 1. The molecule has 0 fully saturated rings. The Morgan fingerprint density at radius 3 is 3.06 bits per heavy atom. The molecule has 0 radical (unpaired) electrons. The molecular formula is C11H15ClN4O. The molecule has 0 atom stereocenters. The molecule has 0 spiro atoms. The van der Waals surface area contributed by atoms with Crippen LogP contribution in [0.5, 0.6) is 0 Å². The lowest BCUT2D eigenvalue weighted by molar-refractivity contribution is -0.119. The van der Waals surface area contributed by atoms with E-state index >= 15 is 0 Å². The van der Waals surface area contributed by atoms with Crippen molar-refractivity contribution in [3.8, 4) is 0 Å². The van der Waals surface area contributed by atoms with Crippen LogP contribution in [0.15, 0.2) is 24.4 Å². The second kappa shape index (κ2) is 6.22. The Morgan fingerprint density at radius 1 is 1.47 bits per heavy atom. The minimum Gasteiger partial charge on any atom is -0.358 e. The fraction of sp³-hybridized carbons (Fsp3) is 0.273. The SMILES string of the molecule is CNC(=O)CNCc1ccc2cn[nH]c2c1.Cl. The summed E-state index contributed by atoms with van der Waals surface area (Å²) in [5.74, 6) is -0.0115. The number of rotatable bonds is 4. The molecule has 1 aromatic heterocycles. The van der Waals surface area contributed by atoms with Crippen molar-refractivity contribution in [3.05, 3.63) is 30.0 Å². The molecule has 0 aliphatic heterocycles. The summed E-state index contributed by atoms with van der Waals surface area (Å²) in [6, 6.07) is 6.06. The molecule has 1 heterocycles. The van der Waals surface area contributed by atoms with Gasteiger partial charge in [-0.15, -0.1) is 12.4 Å². The lowest BCUT2D eigenvalue weighted by atomic mass is 10.1. The van der Waals surface area contributed by atoms with E-state index in [-0.39, 0.29) is 18.3 Å². The van der Waals surface area contributed by atoms with E-state index in [2.05, 4.69) is 20.8 Å². The number of H-pyrrole nitrogens is 1. The number of carbonyl (C=O) groups excluding carboxylic acids is 1. The lowest BCUT2D eigenvalue weighted by Gasteiger charge is -2.03. The molecule has 1 aromatic carbocycles. The summed E-state index contributed by atoms with van der Waals surface area (Å²) in [6.45, 7) is 1.000. The summed E-state index contributed by atoms with van der Waals surface area (Å²) in [5.41, 5.74) is 2.14. The molecule has 2 rings (SSSR count). The molecule has 92 valence electrons. The highest BCUT2D eigenvalue weighted by Crippen LogP contribution is 2.12. The van der Waals surface area contributed by atoms with Crippen LogP contribution in [0, 0.1) is 0 Å². The average Bonchev–Trinajstić information content (AvgIpc) is 2.76. The molecule has 0 aliphatic carbocycles. The maximum Gasteiger partial charge on any atom is 0.233 e. The molecule has 0 unspecified atom stereocenters. The van der Waals surface area contributed by atoms with Gasteiger partial charge in [-0.1, -0.05) is 12.1 Å². The van der Waals surface area contributed by atoms with Gasteiger partial charge in [0.2, 0.25) is 5.91 Å². The average molecular weight is 255 g/mol. The van der Waals surface area contributed by atoms with E-state index in [4.69, 9.17) is 0 Å². The second-order valence-electron chi connectivity index (χ2n) is 3.57. The van der Waals surface area contributed by atoms with Crippen LogP contribution in [0.3, 0.4) is 0 Å². The predicted molar refractivity (Wildman–Crippen MR) is 69.1 cm³/mol. The number of aromatic amines is 1. The van der Waals surface area contributed by atoms with Gasteiger partial charge >= 0.3 is 0 Å². The van der Waals surface area contributed by atoms with E-state index < -0.39 is 0 Å². The zero-order valence-corrected chi connectivity index (χ0v) is 10.3. The molecule has 3 N–H and O–H groups in total. The van der Waals surface area contributed by atoms with E-state index in [1.54, 1.807) is 13.2 Å². The van der Waals surface area contributed by atoms with Crippen molar-refractivity contribution >= 4 is 29.2 Å². The zero-order valence-electron chi connectivity index (χ0n) is 9.49. The number of nitrogens with zero attached hydrogens (tertiary/aromatic N) is 1. The van der Waals surface area contributed by atoms with Crippen molar-refractivity contribution in [1.82, 2.24) is 20.8 Å². The van der Waals surface area contributed by atoms with E-state index in [0.29, 0.717) is 13.1 Å². The first-order chi connectivity index (χ1) is 7.79. The Labute approximate surface area is 105 Å². The number of nitrogens with one attached hydrogen (secondary N) is 3. The lowest BCUT2D eigenvalue weighted by Crippen LogP contribution is -2.30. The smallest absolute Gasteiger partial charge is 0.233 e. The zero-order chi connectivity index (χ0) is 11.4. The van der Waals surface area contributed by atoms with Crippen molar-refractivity contribution in [3.63, 3.8) is 0 Å². The highest BCUT2D eigenvalue weighted by molar-refractivity contribution is 5.85. The van der Waals surface area contributed by atoms with Gasteiger partial charge in [-0.3, -0.25) is 9.89 Å². The number of halogens is 1. The number of hydrogen-bond donors (Lipinski definition) is 3. The predicted octanol–water partition coefficient (Wildman–Crippen LogP) is 0.820. The van der Waals surface area contributed by atoms with Gasteiger partial charge in [0, 0.05) is 19.0 Å². The highest BCUT2D eigenvalue weighted by atomic mass is 35.5. The van der Waals surface area contributed by atoms with Crippen molar-refractivity contribution < 1.29 is 4.79 Å². The van der Waals surface area contributed by atoms with Gasteiger partial charge in [-0.05, 0) is 11.6 Å². The van der Waals surface area contributed by atoms with Gasteiger partial charge in [-0.2, -0.15) is 5.10 Å². The topological polar surface area (TPSA) is 69.8 Å². The summed E-state index contributed by atoms with van der Waals surface area (Å²) < 4.78 is 0. The number of amides is 1. The van der Waals surface area contributed by atoms with Crippen LogP contribution in [0.4, 0.5) is 0 Å². The Morgan fingerprint density at radius 2 is 2.29 bits per heavy atom. The van der Waals surface area contributed by atoms with Gasteiger partial charge in [0.05, 0.1) is 18.3 Å². The second-order valence-corrected chi connectivity index (χ2v) is 3.57. The maximum atomic E-state index is 11.0. The molecular weight excluding hydrogens is 240 g/mol. The minimum absolute atomic E-state index is 0. The summed E-state index contributed by atoms with van der Waals surface area (Å²) in [5, 5.41) is 13.6. The molecule has 1 amide bonds. The Hall–Kier alpha value is -1.59. The fourth-order valence-corrected chi connectivity index (χ4v) is 1.50. The maximum absolute atomic E-state index is 11.0. The van der Waals surface area contributed by atoms with E-state index in [9.17, 15) is 4.79 Å². The number of carbonyl (C=O) groups is 1. The van der Waals surface area contributed by atoms with Crippen LogP contribution in [0.25, 0.3) is 10.9 Å². The van der Waals surface area contributed by atoms with Crippen molar-refractivity contribution in [2.45, 2.75) is 6.54 Å². The van der Waals surface area contributed by atoms with Crippen LogP contribution >= 0.6 is 12.4 Å². The molecule has 17 heavy (non-hydrogen) atoms. The highest BCUT2D eigenvalue weighted by Gasteiger charge is 1.99. The largest absolute Gasteiger partial charge is 0.358 e. The van der Waals surface area contributed by atoms with Crippen LogP contribution in [-0.2, 0) is 11.3 Å². The third kappa shape index (κ3) is 3.44. The van der Waals surface area contributed by atoms with Crippen LogP contribution in [-0.4, -0.2) is 29.7 Å². The standard InChI is InChI=1S/C11H14N4O.ClH/c1-12-11(16)7-13-5-8-2-3-9-6-14-15-10(9)4-8;/h2-4,6,13H,5,7H2,1H3,(H,12,16)(H,14,15);1H. The molecule has 6 heteroatoms. The van der Waals surface area contributed by atoms with Gasteiger partial charge in [0.25, 0.3) is 0 Å². The van der Waals surface area contributed by atoms with Crippen molar-refractivity contribution in [1.29, 1.82) is 0 Å². The third-order valence-electron chi connectivity index (χ3n) is 2.40. The fourth-order valence-electron chi connectivity index (χ4n) is 1.50. The van der Waals surface area contributed by atoms with Crippen LogP contribution in [0.2, 0.25) is 0 Å². The first-order valence-electron chi connectivity index (χ1n) is 5.13. The number of aromatic nitrogens is 2. The Kier molecular flexibility index (Phi) is 4.93. The van der Waals surface area contributed by atoms with Gasteiger partial charge in [0.15, 0.2) is 0 Å². The first-order valence-corrected chi connectivity index (χ1v) is 5.13. The molecule has 0 saturated carbocycles. The van der Waals surface area contributed by atoms with Crippen molar-refractivity contribution in [2.75, 3.05) is 13.6 Å². The van der Waals surface area contributed by atoms with Crippen molar-refractivity contribution in [2.24, 2.45) is 0 Å². The number of hydrogen-bond acceptors (Lipinski definition) is 3. The monoisotopic (exact) mass is 254 g/mol. The Balaban J connectivity index is 0.00000144. The van der Waals surface area contributed by atoms with E-state index in [1.165, 1.54) is 0 Å².